The zero-order valence-electron chi connectivity index (χ0n) is 19.0. The van der Waals surface area contributed by atoms with E-state index in [1.807, 2.05) is 0 Å². The van der Waals surface area contributed by atoms with Gasteiger partial charge in [-0.3, -0.25) is 4.79 Å². The predicted molar refractivity (Wildman–Crippen MR) is 117 cm³/mol. The van der Waals surface area contributed by atoms with Crippen LogP contribution in [0.1, 0.15) is 65.2 Å². The minimum Gasteiger partial charge on any atom is -0.399 e. The first-order valence-corrected chi connectivity index (χ1v) is 12.1. The number of carbonyl (C=O) groups is 1. The Kier molecular flexibility index (Phi) is 5.39. The average molecular weight is 434 g/mol. The highest BCUT2D eigenvalue weighted by molar-refractivity contribution is 5.98. The largest absolute Gasteiger partial charge is 0.399 e. The Morgan fingerprint density at radius 2 is 1.94 bits per heavy atom. The molecule has 1 heterocycles. The number of fused-ring (bicyclic) bond motifs is 5. The number of rotatable bonds is 3. The van der Waals surface area contributed by atoms with Gasteiger partial charge in [-0.2, -0.15) is 0 Å². The maximum Gasteiger partial charge on any atom is 0.142 e. The van der Waals surface area contributed by atoms with Crippen molar-refractivity contribution in [3.63, 3.8) is 0 Å². The summed E-state index contributed by atoms with van der Waals surface area (Å²) in [6, 6.07) is 0. The molecule has 1 unspecified atom stereocenters. The Balaban J connectivity index is 1.44. The topological polar surface area (TPSA) is 72.3 Å². The third-order valence-corrected chi connectivity index (χ3v) is 9.57. The van der Waals surface area contributed by atoms with Crippen molar-refractivity contribution >= 4 is 17.2 Å². The van der Waals surface area contributed by atoms with Crippen molar-refractivity contribution in [1.29, 1.82) is 0 Å². The molecule has 4 saturated carbocycles. The van der Waals surface area contributed by atoms with Gasteiger partial charge in [0.05, 0.1) is 11.4 Å². The second kappa shape index (κ2) is 7.82. The van der Waals surface area contributed by atoms with Gasteiger partial charge in [0.25, 0.3) is 0 Å². The molecule has 0 aromatic rings. The molecular formula is C24H36FN3O3. The van der Waals surface area contributed by atoms with Crippen LogP contribution in [-0.4, -0.2) is 49.7 Å². The van der Waals surface area contributed by atoms with E-state index in [9.17, 15) is 4.79 Å². The fourth-order valence-electron chi connectivity index (χ4n) is 7.84. The molecule has 5 rings (SSSR count). The molecule has 0 bridgehead atoms. The van der Waals surface area contributed by atoms with Crippen LogP contribution in [0.4, 0.5) is 4.39 Å². The molecule has 0 spiro atoms. The molecule has 1 saturated heterocycles. The molecule has 5 aliphatic rings. The lowest BCUT2D eigenvalue weighted by atomic mass is 9.44. The predicted octanol–water partition coefficient (Wildman–Crippen LogP) is 3.89. The zero-order chi connectivity index (χ0) is 21.8. The maximum atomic E-state index is 15.5. The van der Waals surface area contributed by atoms with Gasteiger partial charge in [-0.05, 0) is 61.8 Å². The average Bonchev–Trinajstić information content (AvgIpc) is 3.35. The van der Waals surface area contributed by atoms with Gasteiger partial charge in [0, 0.05) is 37.1 Å². The SMILES string of the molecule is CO/N=C1\C[C@@H]2[C@H](CC[C@]3(C)C(=O)CC[C@@H]23)[C@@]2(C)C[C@@H](F)/C(=N/O[C@H]3CCNC3)CC12. The molecule has 0 aromatic heterocycles. The molecule has 0 radical (unpaired) electrons. The molecule has 7 heteroatoms. The Labute approximate surface area is 184 Å². The number of Topliss-reactive ketones (excluding diaryl/α,β-unsaturated/α-hetero) is 1. The van der Waals surface area contributed by atoms with Crippen LogP contribution in [0.15, 0.2) is 10.3 Å². The Hall–Kier alpha value is -1.50. The summed E-state index contributed by atoms with van der Waals surface area (Å²) in [4.78, 5) is 23.7. The molecule has 31 heavy (non-hydrogen) atoms. The Morgan fingerprint density at radius 1 is 1.10 bits per heavy atom. The van der Waals surface area contributed by atoms with Gasteiger partial charge in [-0.1, -0.05) is 24.2 Å². The number of nitrogens with zero attached hydrogens (tertiary/aromatic N) is 2. The number of hydrogen-bond donors (Lipinski definition) is 1. The summed E-state index contributed by atoms with van der Waals surface area (Å²) in [5.41, 5.74) is 1.15. The van der Waals surface area contributed by atoms with E-state index in [1.165, 1.54) is 0 Å². The third-order valence-electron chi connectivity index (χ3n) is 9.57. The normalized spacial score (nSPS) is 49.6. The molecular weight excluding hydrogens is 397 g/mol. The van der Waals surface area contributed by atoms with Gasteiger partial charge >= 0.3 is 0 Å². The number of oxime groups is 2. The van der Waals surface area contributed by atoms with E-state index in [0.717, 1.165) is 50.9 Å². The molecule has 1 N–H and O–H groups in total. The smallest absolute Gasteiger partial charge is 0.142 e. The van der Waals surface area contributed by atoms with Crippen LogP contribution in [0.2, 0.25) is 0 Å². The van der Waals surface area contributed by atoms with Gasteiger partial charge < -0.3 is 15.0 Å². The van der Waals surface area contributed by atoms with E-state index in [0.29, 0.717) is 48.5 Å². The van der Waals surface area contributed by atoms with E-state index in [4.69, 9.17) is 9.68 Å². The molecule has 172 valence electrons. The summed E-state index contributed by atoms with van der Waals surface area (Å²) in [7, 11) is 1.59. The molecule has 0 aromatic carbocycles. The Bertz CT molecular complexity index is 795. The highest BCUT2D eigenvalue weighted by atomic mass is 19.1. The van der Waals surface area contributed by atoms with Gasteiger partial charge in [-0.15, -0.1) is 0 Å². The number of nitrogens with one attached hydrogen (secondary N) is 1. The highest BCUT2D eigenvalue weighted by Crippen LogP contribution is 2.64. The standard InChI is InChI=1S/C24H36FN3O3/c1-23-8-6-17-15(16(23)4-5-22(23)29)10-20(27-30-3)18-11-21(19(25)12-24(17,18)2)28-31-14-7-9-26-13-14/h14-19,26H,4-13H2,1-3H3/b27-20+,28-21+/t14-,15-,16-,17-,18?,19+,23-,24+/m0/s1. The van der Waals surface area contributed by atoms with Crippen LogP contribution in [0.25, 0.3) is 0 Å². The fourth-order valence-corrected chi connectivity index (χ4v) is 7.84. The number of carbonyl (C=O) groups excluding carboxylic acids is 1. The lowest BCUT2D eigenvalue weighted by Gasteiger charge is -2.59. The molecule has 4 aliphatic carbocycles. The third kappa shape index (κ3) is 3.33. The summed E-state index contributed by atoms with van der Waals surface area (Å²) in [5, 5.41) is 12.0. The van der Waals surface area contributed by atoms with E-state index >= 15 is 4.39 Å². The van der Waals surface area contributed by atoms with Gasteiger partial charge in [0.2, 0.25) is 0 Å². The second-order valence-corrected chi connectivity index (χ2v) is 11.0. The highest BCUT2D eigenvalue weighted by Gasteiger charge is 2.62. The molecule has 1 aliphatic heterocycles. The van der Waals surface area contributed by atoms with Crippen LogP contribution in [-0.2, 0) is 14.5 Å². The van der Waals surface area contributed by atoms with Crippen molar-refractivity contribution in [2.75, 3.05) is 20.2 Å². The Morgan fingerprint density at radius 3 is 2.68 bits per heavy atom. The lowest BCUT2D eigenvalue weighted by molar-refractivity contribution is -0.133. The van der Waals surface area contributed by atoms with Crippen LogP contribution in [0.3, 0.4) is 0 Å². The summed E-state index contributed by atoms with van der Waals surface area (Å²) in [5.74, 6) is 1.72. The minimum atomic E-state index is -1.09. The maximum absolute atomic E-state index is 15.5. The quantitative estimate of drug-likeness (QED) is 0.686. The van der Waals surface area contributed by atoms with Gasteiger partial charge in [-0.25, -0.2) is 4.39 Å². The molecule has 0 amide bonds. The van der Waals surface area contributed by atoms with Crippen LogP contribution >= 0.6 is 0 Å². The van der Waals surface area contributed by atoms with Crippen molar-refractivity contribution in [3.05, 3.63) is 0 Å². The summed E-state index contributed by atoms with van der Waals surface area (Å²) >= 11 is 0. The zero-order valence-corrected chi connectivity index (χ0v) is 19.0. The lowest BCUT2D eigenvalue weighted by Crippen LogP contribution is -2.58. The summed E-state index contributed by atoms with van der Waals surface area (Å²) < 4.78 is 15.5. The second-order valence-electron chi connectivity index (χ2n) is 11.0. The monoisotopic (exact) mass is 433 g/mol. The van der Waals surface area contributed by atoms with Crippen molar-refractivity contribution in [2.24, 2.45) is 44.8 Å². The first-order chi connectivity index (χ1) is 14.9. The van der Waals surface area contributed by atoms with E-state index in [-0.39, 0.29) is 22.9 Å². The first-order valence-electron chi connectivity index (χ1n) is 12.1. The molecule has 5 fully saturated rings. The van der Waals surface area contributed by atoms with E-state index < -0.39 is 6.17 Å². The van der Waals surface area contributed by atoms with Crippen LogP contribution < -0.4 is 5.32 Å². The van der Waals surface area contributed by atoms with Crippen molar-refractivity contribution in [2.45, 2.75) is 77.5 Å². The number of halogens is 1. The van der Waals surface area contributed by atoms with Crippen molar-refractivity contribution in [3.8, 4) is 0 Å². The van der Waals surface area contributed by atoms with Crippen LogP contribution in [0, 0.1) is 34.5 Å². The minimum absolute atomic E-state index is 0.0341. The van der Waals surface area contributed by atoms with Crippen molar-refractivity contribution in [1.82, 2.24) is 5.32 Å². The number of alkyl halides is 1. The first kappa shape index (κ1) is 21.4. The summed E-state index contributed by atoms with van der Waals surface area (Å²) in [6.45, 7) is 6.12. The van der Waals surface area contributed by atoms with Gasteiger partial charge in [0.1, 0.15) is 25.2 Å². The molecule has 8 atom stereocenters. The van der Waals surface area contributed by atoms with E-state index in [1.54, 1.807) is 7.11 Å². The molecule has 6 nitrogen and oxygen atoms in total. The van der Waals surface area contributed by atoms with Gasteiger partial charge in [0.15, 0.2) is 0 Å². The summed E-state index contributed by atoms with van der Waals surface area (Å²) in [6.07, 6.45) is 5.30. The van der Waals surface area contributed by atoms with E-state index in [2.05, 4.69) is 29.5 Å². The fraction of sp³-hybridized carbons (Fsp3) is 0.875. The van der Waals surface area contributed by atoms with Crippen molar-refractivity contribution < 1.29 is 18.9 Å². The van der Waals surface area contributed by atoms with Crippen LogP contribution in [0.5, 0.6) is 0 Å². The number of ketones is 1. The number of hydrogen-bond acceptors (Lipinski definition) is 6.